The van der Waals surface area contributed by atoms with E-state index < -0.39 is 12.2 Å². The summed E-state index contributed by atoms with van der Waals surface area (Å²) >= 11 is 3.10. The first kappa shape index (κ1) is 12.2. The van der Waals surface area contributed by atoms with Crippen LogP contribution in [0.25, 0.3) is 0 Å². The van der Waals surface area contributed by atoms with Gasteiger partial charge in [0.15, 0.2) is 0 Å². The van der Waals surface area contributed by atoms with Crippen molar-refractivity contribution in [1.82, 2.24) is 0 Å². The summed E-state index contributed by atoms with van der Waals surface area (Å²) in [6.07, 6.45) is -1.82. The molecule has 15 heavy (non-hydrogen) atoms. The molecule has 2 unspecified atom stereocenters. The first-order chi connectivity index (χ1) is 7.10. The molecule has 3 nitrogen and oxygen atoms in total. The highest BCUT2D eigenvalue weighted by molar-refractivity contribution is 9.09. The maximum atomic E-state index is 9.80. The molecule has 0 aromatic heterocycles. The minimum atomic E-state index is -0.960. The predicted molar refractivity (Wildman–Crippen MR) is 60.7 cm³/mol. The number of hydrogen-bond donors (Lipinski definition) is 2. The van der Waals surface area contributed by atoms with Crippen LogP contribution in [-0.2, 0) is 0 Å². The summed E-state index contributed by atoms with van der Waals surface area (Å²) < 4.78 is 0. The summed E-state index contributed by atoms with van der Waals surface area (Å²) in [5.41, 5.74) is 1.94. The van der Waals surface area contributed by atoms with Crippen molar-refractivity contribution in [2.75, 3.05) is 5.33 Å². The molecule has 0 amide bonds. The molecule has 0 aliphatic rings. The quantitative estimate of drug-likeness (QED) is 0.821. The molecule has 0 heterocycles. The number of rotatable bonds is 3. The van der Waals surface area contributed by atoms with E-state index in [4.69, 9.17) is 5.26 Å². The molecular formula is C11H12BrNO2. The largest absolute Gasteiger partial charge is 0.389 e. The van der Waals surface area contributed by atoms with Crippen LogP contribution >= 0.6 is 15.9 Å². The predicted octanol–water partition coefficient (Wildman–Crippen LogP) is 1.66. The lowest BCUT2D eigenvalue weighted by molar-refractivity contribution is 0.0338. The van der Waals surface area contributed by atoms with Crippen molar-refractivity contribution < 1.29 is 10.2 Å². The number of halogens is 1. The molecule has 1 rings (SSSR count). The Hall–Kier alpha value is -0.890. The highest BCUT2D eigenvalue weighted by atomic mass is 79.9. The minimum absolute atomic E-state index is 0.296. The highest BCUT2D eigenvalue weighted by Gasteiger charge is 2.19. The van der Waals surface area contributed by atoms with Crippen LogP contribution in [0.15, 0.2) is 18.2 Å². The number of hydrogen-bond acceptors (Lipinski definition) is 3. The summed E-state index contributed by atoms with van der Waals surface area (Å²) in [6, 6.07) is 7.05. The van der Waals surface area contributed by atoms with Gasteiger partial charge in [-0.3, -0.25) is 0 Å². The Bertz CT molecular complexity index is 387. The first-order valence-electron chi connectivity index (χ1n) is 4.53. The summed E-state index contributed by atoms with van der Waals surface area (Å²) in [5.74, 6) is 0. The molecule has 0 saturated carbocycles. The van der Waals surface area contributed by atoms with E-state index in [0.717, 1.165) is 5.56 Å². The molecule has 0 fully saturated rings. The normalized spacial score (nSPS) is 14.3. The van der Waals surface area contributed by atoms with Gasteiger partial charge < -0.3 is 10.2 Å². The molecule has 2 N–H and O–H groups in total. The van der Waals surface area contributed by atoms with Crippen molar-refractivity contribution >= 4 is 15.9 Å². The Balaban J connectivity index is 3.07. The lowest BCUT2D eigenvalue weighted by Crippen LogP contribution is -2.20. The van der Waals surface area contributed by atoms with E-state index in [2.05, 4.69) is 15.9 Å². The van der Waals surface area contributed by atoms with E-state index >= 15 is 0 Å². The fraction of sp³-hybridized carbons (Fsp3) is 0.364. The first-order valence-corrected chi connectivity index (χ1v) is 5.65. The van der Waals surface area contributed by atoms with Gasteiger partial charge in [-0.05, 0) is 30.2 Å². The average Bonchev–Trinajstić information content (AvgIpc) is 2.27. The van der Waals surface area contributed by atoms with E-state index in [1.54, 1.807) is 18.2 Å². The summed E-state index contributed by atoms with van der Waals surface area (Å²) in [7, 11) is 0. The van der Waals surface area contributed by atoms with Crippen molar-refractivity contribution in [2.24, 2.45) is 0 Å². The monoisotopic (exact) mass is 269 g/mol. The second-order valence-electron chi connectivity index (χ2n) is 3.35. The average molecular weight is 270 g/mol. The Morgan fingerprint density at radius 2 is 2.13 bits per heavy atom. The van der Waals surface area contributed by atoms with E-state index in [0.29, 0.717) is 16.5 Å². The zero-order valence-corrected chi connectivity index (χ0v) is 9.90. The Morgan fingerprint density at radius 3 is 2.67 bits per heavy atom. The van der Waals surface area contributed by atoms with Crippen LogP contribution in [0, 0.1) is 18.3 Å². The Kier molecular flexibility index (Phi) is 4.28. The van der Waals surface area contributed by atoms with Gasteiger partial charge in [0, 0.05) is 5.33 Å². The molecule has 2 atom stereocenters. The molecule has 0 spiro atoms. The molecular weight excluding hydrogens is 258 g/mol. The van der Waals surface area contributed by atoms with Gasteiger partial charge in [-0.1, -0.05) is 22.0 Å². The number of alkyl halides is 1. The fourth-order valence-corrected chi connectivity index (χ4v) is 1.67. The molecule has 1 aromatic rings. The minimum Gasteiger partial charge on any atom is -0.389 e. The van der Waals surface area contributed by atoms with Gasteiger partial charge in [0.25, 0.3) is 0 Å². The van der Waals surface area contributed by atoms with Gasteiger partial charge in [-0.2, -0.15) is 5.26 Å². The number of aryl methyl sites for hydroxylation is 1. The SMILES string of the molecule is Cc1ccc(C#N)cc1C(O)C(O)CBr. The number of nitriles is 1. The number of benzene rings is 1. The van der Waals surface area contributed by atoms with Gasteiger partial charge in [0.05, 0.1) is 17.7 Å². The van der Waals surface area contributed by atoms with Gasteiger partial charge in [-0.25, -0.2) is 0 Å². The van der Waals surface area contributed by atoms with E-state index in [-0.39, 0.29) is 0 Å². The van der Waals surface area contributed by atoms with Crippen molar-refractivity contribution in [3.63, 3.8) is 0 Å². The third-order valence-electron chi connectivity index (χ3n) is 2.25. The lowest BCUT2D eigenvalue weighted by Gasteiger charge is -2.18. The molecule has 0 aliphatic carbocycles. The third kappa shape index (κ3) is 2.78. The van der Waals surface area contributed by atoms with Crippen LogP contribution in [0.4, 0.5) is 0 Å². The zero-order valence-electron chi connectivity index (χ0n) is 8.31. The Labute approximate surface area is 97.1 Å². The topological polar surface area (TPSA) is 64.2 Å². The van der Waals surface area contributed by atoms with E-state index in [1.807, 2.05) is 13.0 Å². The van der Waals surface area contributed by atoms with Gasteiger partial charge >= 0.3 is 0 Å². The standard InChI is InChI=1S/C11H12BrNO2/c1-7-2-3-8(6-13)4-9(7)11(15)10(14)5-12/h2-4,10-11,14-15H,5H2,1H3. The van der Waals surface area contributed by atoms with Crippen molar-refractivity contribution in [1.29, 1.82) is 5.26 Å². The second-order valence-corrected chi connectivity index (χ2v) is 4.00. The second kappa shape index (κ2) is 5.26. The molecule has 4 heteroatoms. The number of aliphatic hydroxyl groups is 2. The summed E-state index contributed by atoms with van der Waals surface area (Å²) in [5, 5.41) is 28.3. The van der Waals surface area contributed by atoms with E-state index in [1.165, 1.54) is 0 Å². The van der Waals surface area contributed by atoms with Crippen molar-refractivity contribution in [3.8, 4) is 6.07 Å². The maximum absolute atomic E-state index is 9.80. The van der Waals surface area contributed by atoms with Crippen LogP contribution in [0.2, 0.25) is 0 Å². The van der Waals surface area contributed by atoms with Crippen molar-refractivity contribution in [2.45, 2.75) is 19.1 Å². The van der Waals surface area contributed by atoms with Crippen molar-refractivity contribution in [3.05, 3.63) is 34.9 Å². The van der Waals surface area contributed by atoms with Crippen LogP contribution in [0.1, 0.15) is 22.8 Å². The van der Waals surface area contributed by atoms with E-state index in [9.17, 15) is 10.2 Å². The number of nitrogens with zero attached hydrogens (tertiary/aromatic N) is 1. The molecule has 80 valence electrons. The fourth-order valence-electron chi connectivity index (χ4n) is 1.32. The maximum Gasteiger partial charge on any atom is 0.106 e. The highest BCUT2D eigenvalue weighted by Crippen LogP contribution is 2.22. The molecule has 0 radical (unpaired) electrons. The van der Waals surface area contributed by atoms with Crippen LogP contribution in [0.5, 0.6) is 0 Å². The van der Waals surface area contributed by atoms with Crippen LogP contribution < -0.4 is 0 Å². The Morgan fingerprint density at radius 1 is 1.47 bits per heavy atom. The molecule has 0 bridgehead atoms. The molecule has 0 aliphatic heterocycles. The lowest BCUT2D eigenvalue weighted by atomic mass is 9.98. The number of aliphatic hydroxyl groups excluding tert-OH is 2. The molecule has 0 saturated heterocycles. The van der Waals surface area contributed by atoms with Crippen LogP contribution in [0.3, 0.4) is 0 Å². The third-order valence-corrected chi connectivity index (χ3v) is 2.91. The van der Waals surface area contributed by atoms with Gasteiger partial charge in [0.2, 0.25) is 0 Å². The smallest absolute Gasteiger partial charge is 0.106 e. The zero-order chi connectivity index (χ0) is 11.4. The van der Waals surface area contributed by atoms with Gasteiger partial charge in [0.1, 0.15) is 6.10 Å². The van der Waals surface area contributed by atoms with Gasteiger partial charge in [-0.15, -0.1) is 0 Å². The molecule has 1 aromatic carbocycles. The van der Waals surface area contributed by atoms with Crippen LogP contribution in [-0.4, -0.2) is 21.6 Å². The summed E-state index contributed by atoms with van der Waals surface area (Å²) in [6.45, 7) is 1.83. The summed E-state index contributed by atoms with van der Waals surface area (Å²) in [4.78, 5) is 0.